The van der Waals surface area contributed by atoms with Gasteiger partial charge in [-0.25, -0.2) is 29.9 Å². The van der Waals surface area contributed by atoms with E-state index >= 15 is 0 Å². The van der Waals surface area contributed by atoms with Crippen molar-refractivity contribution < 1.29 is 0 Å². The molecule has 7 heterocycles. The van der Waals surface area contributed by atoms with E-state index in [1.54, 1.807) is 11.3 Å². The van der Waals surface area contributed by atoms with E-state index in [9.17, 15) is 0 Å². The predicted octanol–water partition coefficient (Wildman–Crippen LogP) is 36.2. The maximum absolute atomic E-state index is 5.22. The molecule has 10 heteroatoms. The number of para-hydroxylation sites is 3. The van der Waals surface area contributed by atoms with Gasteiger partial charge in [0.25, 0.3) is 0 Å². The highest BCUT2D eigenvalue weighted by Crippen LogP contribution is 2.44. The maximum atomic E-state index is 5.22. The van der Waals surface area contributed by atoms with E-state index in [2.05, 4.69) is 455 Å². The third-order valence-corrected chi connectivity index (χ3v) is 29.2. The summed E-state index contributed by atoms with van der Waals surface area (Å²) in [6.07, 6.45) is 5.88. The fourth-order valence-corrected chi connectivity index (χ4v) is 21.4. The highest BCUT2D eigenvalue weighted by Gasteiger charge is 2.22. The number of fused-ring (bicyclic) bond motifs is 14. The Bertz CT molecular complexity index is 9830. The fraction of sp³-hybridized carbons (Fsp3) is 0. The molecule has 0 aliphatic rings. The summed E-state index contributed by atoms with van der Waals surface area (Å²) in [5.41, 5.74) is 37.7. The van der Waals surface area contributed by atoms with Gasteiger partial charge >= 0.3 is 0 Å². The van der Waals surface area contributed by atoms with Crippen molar-refractivity contribution >= 4 is 119 Å². The molecule has 28 rings (SSSR count). The van der Waals surface area contributed by atoms with Crippen LogP contribution in [0.4, 0.5) is 0 Å². The number of hydrogen-bond donors (Lipinski definition) is 0. The topological polar surface area (TPSA) is 116 Å². The highest BCUT2D eigenvalue weighted by atomic mass is 32.1. The molecule has 147 heavy (non-hydrogen) atoms. The van der Waals surface area contributed by atoms with Gasteiger partial charge in [0.05, 0.1) is 66.1 Å². The lowest BCUT2D eigenvalue weighted by Gasteiger charge is -2.12. The molecule has 28 aromatic rings. The van der Waals surface area contributed by atoms with Crippen molar-refractivity contribution in [3.05, 3.63) is 528 Å². The Hall–Kier alpha value is -19.4. The molecular weight excluding hydrogens is 1800 g/mol. The summed E-state index contributed by atoms with van der Waals surface area (Å²) in [7, 11) is 0. The van der Waals surface area contributed by atoms with Gasteiger partial charge < -0.3 is 0 Å². The summed E-state index contributed by atoms with van der Waals surface area (Å²) in [5, 5.41) is 12.9. The molecule has 686 valence electrons. The summed E-state index contributed by atoms with van der Waals surface area (Å²) in [6, 6.07) is 179. The zero-order valence-electron chi connectivity index (χ0n) is 79.7. The average Bonchev–Trinajstić information content (AvgIpc) is 1.61. The molecule has 0 aliphatic carbocycles. The van der Waals surface area contributed by atoms with Crippen LogP contribution >= 0.6 is 11.3 Å². The number of thiophene rings is 1. The van der Waals surface area contributed by atoms with Gasteiger partial charge in [0.1, 0.15) is 0 Å². The first kappa shape index (κ1) is 87.8. The molecule has 0 amide bonds. The first-order valence-corrected chi connectivity index (χ1v) is 50.3. The fourth-order valence-electron chi connectivity index (χ4n) is 20.2. The number of rotatable bonds is 15. The number of nitrogens with zero attached hydrogens (tertiary/aromatic N) is 9. The molecule has 0 aliphatic heterocycles. The molecule has 0 N–H and O–H groups in total. The van der Waals surface area contributed by atoms with Crippen molar-refractivity contribution in [2.45, 2.75) is 0 Å². The van der Waals surface area contributed by atoms with Crippen molar-refractivity contribution in [3.63, 3.8) is 0 Å². The normalized spacial score (nSPS) is 11.4. The third kappa shape index (κ3) is 17.6. The second-order valence-corrected chi connectivity index (χ2v) is 38.1. The number of hydrogen-bond acceptors (Lipinski definition) is 10. The van der Waals surface area contributed by atoms with Crippen LogP contribution in [0.2, 0.25) is 0 Å². The van der Waals surface area contributed by atoms with Crippen molar-refractivity contribution in [2.24, 2.45) is 0 Å². The molecule has 7 aromatic heterocycles. The van der Waals surface area contributed by atoms with Crippen molar-refractivity contribution in [2.75, 3.05) is 0 Å². The summed E-state index contributed by atoms with van der Waals surface area (Å²) in [5.74, 6) is 1.45. The Morgan fingerprint density at radius 3 is 0.735 bits per heavy atom. The zero-order valence-corrected chi connectivity index (χ0v) is 80.5. The highest BCUT2D eigenvalue weighted by molar-refractivity contribution is 7.26. The lowest BCUT2D eigenvalue weighted by atomic mass is 9.96. The molecular formula is C137H87N9S. The van der Waals surface area contributed by atoms with Crippen LogP contribution in [-0.2, 0) is 0 Å². The summed E-state index contributed by atoms with van der Waals surface area (Å²) >= 11 is 1.76. The van der Waals surface area contributed by atoms with Crippen LogP contribution < -0.4 is 0 Å². The van der Waals surface area contributed by atoms with E-state index in [0.717, 1.165) is 188 Å². The van der Waals surface area contributed by atoms with Crippen LogP contribution in [-0.4, -0.2) is 44.9 Å². The number of pyridine rings is 3. The van der Waals surface area contributed by atoms with Gasteiger partial charge in [-0.1, -0.05) is 467 Å². The molecule has 21 aromatic carbocycles. The summed E-state index contributed by atoms with van der Waals surface area (Å²) < 4.78 is 2.33. The standard InChI is InChI=1S/C47H29N3S.2C45H29N3/c1-2-8-30(9-3-1)31-18-22-35(23-19-31)44-46-45(41-12-6-7-13-43(41)51-46)50-47(49-44)36-24-20-33(21-25-36)32-14-16-34(17-15-32)37-26-27-40-39-11-5-4-10-38(39)29-48-42(40)28-37;1-2-8-30(9-3-1)31-18-22-35(23-19-31)44-45(48-42-13-7-6-12-41(42)47-44)36-24-20-33(21-25-36)32-14-16-34(17-15-32)37-26-27-40-39-11-5-4-10-38(39)29-46-43(40)28-37;1-2-8-30(9-3-1)31-18-22-35(23-19-31)44-41-12-6-7-13-42(41)47-45(48-44)36-24-20-33(21-25-36)32-14-16-34(17-15-32)37-26-27-40-39-11-5-4-10-38(39)29-46-43(40)28-37/h1-29H;2*1-29H. The molecule has 0 saturated heterocycles. The minimum absolute atomic E-state index is 0.718. The van der Waals surface area contributed by atoms with Gasteiger partial charge in [-0.3, -0.25) is 15.0 Å². The molecule has 0 spiro atoms. The Labute approximate surface area is 853 Å². The summed E-state index contributed by atoms with van der Waals surface area (Å²) in [4.78, 5) is 44.9. The van der Waals surface area contributed by atoms with E-state index in [4.69, 9.17) is 44.9 Å². The summed E-state index contributed by atoms with van der Waals surface area (Å²) in [6.45, 7) is 0. The monoisotopic (exact) mass is 1890 g/mol. The molecule has 0 saturated carbocycles. The van der Waals surface area contributed by atoms with Gasteiger partial charge in [0, 0.05) is 99.8 Å². The second-order valence-electron chi connectivity index (χ2n) is 37.0. The van der Waals surface area contributed by atoms with Crippen LogP contribution in [0.5, 0.6) is 0 Å². The van der Waals surface area contributed by atoms with E-state index in [1.807, 2.05) is 73.2 Å². The largest absolute Gasteiger partial charge is 0.256 e. The lowest BCUT2D eigenvalue weighted by molar-refractivity contribution is 1.23. The van der Waals surface area contributed by atoms with Crippen LogP contribution in [0.25, 0.3) is 275 Å². The Morgan fingerprint density at radius 1 is 0.136 bits per heavy atom. The van der Waals surface area contributed by atoms with Gasteiger partial charge in [0.2, 0.25) is 0 Å². The minimum atomic E-state index is 0.718. The number of aromatic nitrogens is 9. The van der Waals surface area contributed by atoms with Crippen LogP contribution in [0, 0.1) is 0 Å². The third-order valence-electron chi connectivity index (χ3n) is 28.1. The van der Waals surface area contributed by atoms with Gasteiger partial charge in [0.15, 0.2) is 11.6 Å². The maximum Gasteiger partial charge on any atom is 0.160 e. The van der Waals surface area contributed by atoms with Crippen LogP contribution in [0.3, 0.4) is 0 Å². The van der Waals surface area contributed by atoms with E-state index in [1.165, 1.54) is 87.1 Å². The first-order chi connectivity index (χ1) is 72.8. The molecule has 0 unspecified atom stereocenters. The Kier molecular flexibility index (Phi) is 23.0. The molecule has 0 atom stereocenters. The minimum Gasteiger partial charge on any atom is -0.256 e. The Balaban J connectivity index is 0.000000112. The quantitative estimate of drug-likeness (QED) is 0.0925. The van der Waals surface area contributed by atoms with Crippen molar-refractivity contribution in [1.29, 1.82) is 0 Å². The second kappa shape index (κ2) is 38.6. The molecule has 0 bridgehead atoms. The van der Waals surface area contributed by atoms with Crippen LogP contribution in [0.1, 0.15) is 0 Å². The van der Waals surface area contributed by atoms with E-state index < -0.39 is 0 Å². The van der Waals surface area contributed by atoms with Gasteiger partial charge in [-0.2, -0.15) is 0 Å². The van der Waals surface area contributed by atoms with Crippen molar-refractivity contribution in [1.82, 2.24) is 44.9 Å². The average molecular weight is 1890 g/mol. The molecule has 9 nitrogen and oxygen atoms in total. The number of benzene rings is 21. The lowest BCUT2D eigenvalue weighted by Crippen LogP contribution is -1.95. The van der Waals surface area contributed by atoms with Gasteiger partial charge in [-0.05, 0) is 159 Å². The Morgan fingerprint density at radius 2 is 0.381 bits per heavy atom. The SMILES string of the molecule is c1ccc(-c2ccc(-c3nc(-c4ccc(-c5ccc(-c6ccc7c(c6)ncc6ccccc67)cc5)cc4)nc4c3sc3ccccc34)cc2)cc1.c1ccc(-c2ccc(-c3nc(-c4ccc(-c5ccc(-c6ccc7c(c6)ncc6ccccc67)cc5)cc4)nc4ccccc34)cc2)cc1.c1ccc(-c2ccc(-c3nc4ccccc4nc3-c3ccc(-c4ccc(-c5ccc6c(c5)ncc5ccccc56)cc4)cc3)cc2)cc1. The van der Waals surface area contributed by atoms with Crippen molar-refractivity contribution in [3.8, 4) is 168 Å². The predicted molar refractivity (Wildman–Crippen MR) is 614 cm³/mol. The smallest absolute Gasteiger partial charge is 0.160 e. The first-order valence-electron chi connectivity index (χ1n) is 49.5. The van der Waals surface area contributed by atoms with Gasteiger partial charge in [-0.15, -0.1) is 11.3 Å². The molecule has 0 radical (unpaired) electrons. The van der Waals surface area contributed by atoms with E-state index in [0.29, 0.717) is 0 Å². The van der Waals surface area contributed by atoms with Crippen LogP contribution in [0.15, 0.2) is 528 Å². The van der Waals surface area contributed by atoms with E-state index in [-0.39, 0.29) is 0 Å². The molecule has 0 fully saturated rings. The zero-order chi connectivity index (χ0) is 97.5.